The fourth-order valence-electron chi connectivity index (χ4n) is 6.24. The molecule has 232 valence electrons. The van der Waals surface area contributed by atoms with Crippen LogP contribution in [-0.4, -0.2) is 69.8 Å². The minimum atomic E-state index is -4.53. The smallest absolute Gasteiger partial charge is 0.416 e. The molecular formula is C33H35F4N5O2. The molecule has 0 aliphatic carbocycles. The monoisotopic (exact) mass is 609 g/mol. The summed E-state index contributed by atoms with van der Waals surface area (Å²) in [6.07, 6.45) is -1.40. The highest BCUT2D eigenvalue weighted by molar-refractivity contribution is 5.82. The summed E-state index contributed by atoms with van der Waals surface area (Å²) in [5.74, 6) is -0.485. The van der Waals surface area contributed by atoms with Gasteiger partial charge in [-0.2, -0.15) is 13.2 Å². The number of likely N-dealkylation sites (N-methyl/N-ethyl adjacent to an activating group) is 1. The maximum atomic E-state index is 15.1. The number of pyridine rings is 1. The number of benzene rings is 2. The standard InChI is InChI=1S/C33H35F4N5O2/c1-3-40-10-12-41(13-11-40)19-23-5-4-22(14-27(23)33(35,36)37)15-31(43)42-18-21(2)26-17-28(34)30(16-24(26)20-42)44-29-7-9-39-32-25(29)6-8-38-32/h4-9,14,16-17,21H,3,10-13,15,18-20H2,1-2H3,(H,38,39). The molecule has 0 bridgehead atoms. The van der Waals surface area contributed by atoms with Crippen molar-refractivity contribution in [3.63, 3.8) is 0 Å². The van der Waals surface area contributed by atoms with Gasteiger partial charge < -0.3 is 19.5 Å². The average molecular weight is 610 g/mol. The van der Waals surface area contributed by atoms with E-state index in [1.807, 2.05) is 11.8 Å². The Morgan fingerprint density at radius 2 is 1.82 bits per heavy atom. The number of ether oxygens (including phenoxy) is 1. The van der Waals surface area contributed by atoms with E-state index in [9.17, 15) is 18.0 Å². The topological polar surface area (TPSA) is 64.7 Å². The summed E-state index contributed by atoms with van der Waals surface area (Å²) in [6.45, 7) is 8.79. The number of alkyl halides is 3. The Bertz CT molecular complexity index is 1660. The number of hydrogen-bond donors (Lipinski definition) is 1. The molecule has 2 aromatic carbocycles. The largest absolute Gasteiger partial charge is 0.453 e. The summed E-state index contributed by atoms with van der Waals surface area (Å²) in [7, 11) is 0. The molecule has 2 aliphatic rings. The number of hydrogen-bond acceptors (Lipinski definition) is 5. The highest BCUT2D eigenvalue weighted by Gasteiger charge is 2.35. The average Bonchev–Trinajstić information content (AvgIpc) is 3.49. The number of rotatable bonds is 7. The number of carbonyl (C=O) groups is 1. The van der Waals surface area contributed by atoms with E-state index >= 15 is 4.39 Å². The van der Waals surface area contributed by atoms with Crippen LogP contribution < -0.4 is 4.74 Å². The quantitative estimate of drug-likeness (QED) is 0.248. The molecule has 4 aromatic rings. The zero-order chi connectivity index (χ0) is 31.0. The van der Waals surface area contributed by atoms with Gasteiger partial charge in [0.1, 0.15) is 11.4 Å². The third kappa shape index (κ3) is 6.30. The van der Waals surface area contributed by atoms with Crippen molar-refractivity contribution in [1.29, 1.82) is 0 Å². The van der Waals surface area contributed by atoms with Crippen LogP contribution in [0.4, 0.5) is 17.6 Å². The zero-order valence-corrected chi connectivity index (χ0v) is 24.8. The molecule has 0 spiro atoms. The number of carbonyl (C=O) groups excluding carboxylic acids is 1. The van der Waals surface area contributed by atoms with E-state index in [1.54, 1.807) is 41.6 Å². The van der Waals surface area contributed by atoms with Gasteiger partial charge in [-0.1, -0.05) is 26.0 Å². The number of fused-ring (bicyclic) bond motifs is 2. The molecule has 1 amide bonds. The molecule has 2 aliphatic heterocycles. The van der Waals surface area contributed by atoms with Gasteiger partial charge in [0.2, 0.25) is 5.91 Å². The number of aromatic nitrogens is 2. The summed E-state index contributed by atoms with van der Waals surface area (Å²) in [5.41, 5.74) is 1.98. The van der Waals surface area contributed by atoms with Gasteiger partial charge in [-0.25, -0.2) is 9.37 Å². The zero-order valence-electron chi connectivity index (χ0n) is 24.8. The molecule has 11 heteroatoms. The Hall–Kier alpha value is -3.96. The molecule has 1 atom stereocenters. The van der Waals surface area contributed by atoms with Gasteiger partial charge in [0.25, 0.3) is 0 Å². The summed E-state index contributed by atoms with van der Waals surface area (Å²) in [5, 5.41) is 0.707. The Morgan fingerprint density at radius 1 is 1.05 bits per heavy atom. The second-order valence-electron chi connectivity index (χ2n) is 11.7. The first-order chi connectivity index (χ1) is 21.1. The number of aromatic amines is 1. The van der Waals surface area contributed by atoms with Gasteiger partial charge in [-0.15, -0.1) is 0 Å². The van der Waals surface area contributed by atoms with E-state index in [2.05, 4.69) is 21.8 Å². The second-order valence-corrected chi connectivity index (χ2v) is 11.7. The van der Waals surface area contributed by atoms with Crippen LogP contribution in [-0.2, 0) is 30.5 Å². The van der Waals surface area contributed by atoms with Crippen molar-refractivity contribution < 1.29 is 27.1 Å². The molecule has 1 saturated heterocycles. The SMILES string of the molecule is CCN1CCN(Cc2ccc(CC(=O)N3Cc4cc(Oc5ccnc6[nH]ccc56)c(F)cc4C(C)C3)cc2C(F)(F)F)CC1. The van der Waals surface area contributed by atoms with Crippen molar-refractivity contribution in [2.45, 2.75) is 45.5 Å². The lowest BCUT2D eigenvalue weighted by Crippen LogP contribution is -2.45. The number of H-pyrrole nitrogens is 1. The predicted octanol–water partition coefficient (Wildman–Crippen LogP) is 6.34. The predicted molar refractivity (Wildman–Crippen MR) is 159 cm³/mol. The Balaban J connectivity index is 1.18. The van der Waals surface area contributed by atoms with Crippen molar-refractivity contribution >= 4 is 16.9 Å². The highest BCUT2D eigenvalue weighted by Crippen LogP contribution is 2.37. The van der Waals surface area contributed by atoms with E-state index in [4.69, 9.17) is 4.74 Å². The Morgan fingerprint density at radius 3 is 2.57 bits per heavy atom. The van der Waals surface area contributed by atoms with Crippen LogP contribution in [0.2, 0.25) is 0 Å². The van der Waals surface area contributed by atoms with Crippen molar-refractivity contribution in [3.8, 4) is 11.5 Å². The summed E-state index contributed by atoms with van der Waals surface area (Å²) in [4.78, 5) is 26.6. The number of amides is 1. The van der Waals surface area contributed by atoms with Crippen LogP contribution in [0.1, 0.15) is 47.6 Å². The number of nitrogens with one attached hydrogen (secondary N) is 1. The minimum Gasteiger partial charge on any atom is -0.453 e. The molecule has 0 saturated carbocycles. The van der Waals surface area contributed by atoms with Crippen LogP contribution in [0, 0.1) is 5.82 Å². The number of nitrogens with zero attached hydrogens (tertiary/aromatic N) is 4. The van der Waals surface area contributed by atoms with Crippen LogP contribution >= 0.6 is 0 Å². The highest BCUT2D eigenvalue weighted by atomic mass is 19.4. The van der Waals surface area contributed by atoms with Gasteiger partial charge in [-0.3, -0.25) is 9.69 Å². The van der Waals surface area contributed by atoms with Gasteiger partial charge in [0.05, 0.1) is 17.4 Å². The third-order valence-electron chi connectivity index (χ3n) is 8.71. The van der Waals surface area contributed by atoms with Gasteiger partial charge in [-0.05, 0) is 65.0 Å². The maximum absolute atomic E-state index is 15.1. The number of piperazine rings is 1. The molecule has 2 aromatic heterocycles. The molecule has 1 unspecified atom stereocenters. The molecule has 1 fully saturated rings. The Kier molecular flexibility index (Phi) is 8.34. The van der Waals surface area contributed by atoms with E-state index in [-0.39, 0.29) is 42.6 Å². The fourth-order valence-corrected chi connectivity index (χ4v) is 6.24. The van der Waals surface area contributed by atoms with Crippen molar-refractivity contribution in [2.75, 3.05) is 39.3 Å². The Labute approximate surface area is 253 Å². The maximum Gasteiger partial charge on any atom is 0.416 e. The summed E-state index contributed by atoms with van der Waals surface area (Å²) < 4.78 is 63.5. The lowest BCUT2D eigenvalue weighted by Gasteiger charge is -2.34. The summed E-state index contributed by atoms with van der Waals surface area (Å²) >= 11 is 0. The van der Waals surface area contributed by atoms with E-state index < -0.39 is 17.6 Å². The van der Waals surface area contributed by atoms with E-state index in [0.29, 0.717) is 28.9 Å². The first-order valence-electron chi connectivity index (χ1n) is 14.9. The van der Waals surface area contributed by atoms with Crippen molar-refractivity contribution in [3.05, 3.63) is 88.5 Å². The molecule has 0 radical (unpaired) electrons. The summed E-state index contributed by atoms with van der Waals surface area (Å²) in [6, 6.07) is 10.8. The molecule has 44 heavy (non-hydrogen) atoms. The normalized spacial score (nSPS) is 18.0. The van der Waals surface area contributed by atoms with Crippen molar-refractivity contribution in [1.82, 2.24) is 24.7 Å². The fraction of sp³-hybridized carbons (Fsp3) is 0.394. The molecule has 6 rings (SSSR count). The first-order valence-corrected chi connectivity index (χ1v) is 14.9. The minimum absolute atomic E-state index is 0.0282. The van der Waals surface area contributed by atoms with Crippen LogP contribution in [0.15, 0.2) is 54.9 Å². The van der Waals surface area contributed by atoms with Crippen LogP contribution in [0.25, 0.3) is 11.0 Å². The third-order valence-corrected chi connectivity index (χ3v) is 8.71. The van der Waals surface area contributed by atoms with Gasteiger partial charge in [0.15, 0.2) is 11.6 Å². The molecule has 1 N–H and O–H groups in total. The lowest BCUT2D eigenvalue weighted by atomic mass is 9.90. The molecule has 4 heterocycles. The van der Waals surface area contributed by atoms with Crippen LogP contribution in [0.3, 0.4) is 0 Å². The lowest BCUT2D eigenvalue weighted by molar-refractivity contribution is -0.138. The van der Waals surface area contributed by atoms with Gasteiger partial charge in [0, 0.05) is 58.2 Å². The van der Waals surface area contributed by atoms with E-state index in [0.717, 1.165) is 49.9 Å². The molecule has 7 nitrogen and oxygen atoms in total. The first kappa shape index (κ1) is 30.1. The van der Waals surface area contributed by atoms with Crippen molar-refractivity contribution in [2.24, 2.45) is 0 Å². The number of halogens is 4. The van der Waals surface area contributed by atoms with Gasteiger partial charge >= 0.3 is 6.18 Å². The van der Waals surface area contributed by atoms with E-state index in [1.165, 1.54) is 12.1 Å². The molecular weight excluding hydrogens is 574 g/mol. The van der Waals surface area contributed by atoms with Crippen LogP contribution in [0.5, 0.6) is 11.5 Å². The second kappa shape index (κ2) is 12.2.